The molecule has 2 N–H and O–H groups in total. The first-order valence-corrected chi connectivity index (χ1v) is 13.0. The zero-order valence-corrected chi connectivity index (χ0v) is 24.2. The Morgan fingerprint density at radius 2 is 1.89 bits per heavy atom. The second kappa shape index (κ2) is 15.4. The molecule has 1 aliphatic heterocycles. The molecule has 2 amide bonds. The van der Waals surface area contributed by atoms with E-state index in [-0.39, 0.29) is 59.8 Å². The van der Waals surface area contributed by atoms with Crippen LogP contribution in [0.1, 0.15) is 54.8 Å². The molecule has 1 heterocycles. The van der Waals surface area contributed by atoms with Gasteiger partial charge in [0.2, 0.25) is 5.91 Å². The topological polar surface area (TPSA) is 168 Å². The zero-order chi connectivity index (χ0) is 28.7. The average molecular weight is 551 g/mol. The van der Waals surface area contributed by atoms with Gasteiger partial charge in [-0.2, -0.15) is 0 Å². The Kier molecular flexibility index (Phi) is 12.3. The zero-order valence-electron chi connectivity index (χ0n) is 23.4. The van der Waals surface area contributed by atoms with Crippen LogP contribution in [0.25, 0.3) is 0 Å². The predicted octanol–water partition coefficient (Wildman–Crippen LogP) is -1.13. The molecule has 0 spiro atoms. The van der Waals surface area contributed by atoms with Gasteiger partial charge in [-0.25, -0.2) is 13.2 Å². The fraction of sp³-hybridized carbons (Fsp3) is 0.583. The molecule has 1 aromatic rings. The number of hydrogen-bond acceptors (Lipinski definition) is 9. The first-order chi connectivity index (χ1) is 17.6. The quantitative estimate of drug-likeness (QED) is 0.175. The van der Waals surface area contributed by atoms with Crippen LogP contribution in [0, 0.1) is 17.8 Å². The summed E-state index contributed by atoms with van der Waals surface area (Å²) in [6, 6.07) is 6.40. The summed E-state index contributed by atoms with van der Waals surface area (Å²) < 4.78 is 61.8. The van der Waals surface area contributed by atoms with Crippen molar-refractivity contribution in [1.29, 1.82) is 0 Å². The Bertz CT molecular complexity index is 1120. The standard InChI is InChI=1S/C24H34N2O9S.Na/c1-15(2)11-20(26-24(30)34-14-17-7-5-4-6-8-17)21(28)13-19(12-18-9-10-25-22(18)29)23(35-16(3)27)36(31,32)33;/h4-8,15,18-20,23H,9-14H2,1-3H3,(H,25,29)(H,26,30)(H,31,32,33);/q;+1/p-1/t18-,19+,20-,23?;/m0./s1/i14D2;. The summed E-state index contributed by atoms with van der Waals surface area (Å²) >= 11 is 0. The van der Waals surface area contributed by atoms with Gasteiger partial charge >= 0.3 is 41.6 Å². The summed E-state index contributed by atoms with van der Waals surface area (Å²) in [5, 5.41) is 4.92. The van der Waals surface area contributed by atoms with Gasteiger partial charge in [0, 0.05) is 31.7 Å². The van der Waals surface area contributed by atoms with Gasteiger partial charge in [0.05, 0.1) is 8.78 Å². The van der Waals surface area contributed by atoms with E-state index in [1.54, 1.807) is 32.0 Å². The Morgan fingerprint density at radius 1 is 1.24 bits per heavy atom. The van der Waals surface area contributed by atoms with Crippen LogP contribution in [0.4, 0.5) is 4.79 Å². The normalized spacial score (nSPS) is 18.8. The molecule has 1 aliphatic rings. The van der Waals surface area contributed by atoms with E-state index >= 15 is 0 Å². The van der Waals surface area contributed by atoms with E-state index in [0.29, 0.717) is 13.0 Å². The number of esters is 1. The van der Waals surface area contributed by atoms with E-state index < -0.39 is 64.3 Å². The van der Waals surface area contributed by atoms with Crippen LogP contribution in [-0.4, -0.2) is 54.7 Å². The fourth-order valence-electron chi connectivity index (χ4n) is 4.01. The van der Waals surface area contributed by atoms with Gasteiger partial charge in [-0.1, -0.05) is 44.2 Å². The summed E-state index contributed by atoms with van der Waals surface area (Å²) in [4.78, 5) is 49.6. The van der Waals surface area contributed by atoms with Crippen LogP contribution in [-0.2, 0) is 40.5 Å². The maximum absolute atomic E-state index is 13.3. The molecule has 13 heteroatoms. The molecule has 1 aromatic carbocycles. The summed E-state index contributed by atoms with van der Waals surface area (Å²) in [6.45, 7) is 2.27. The van der Waals surface area contributed by atoms with Crippen molar-refractivity contribution in [2.75, 3.05) is 6.54 Å². The van der Waals surface area contributed by atoms with Crippen molar-refractivity contribution in [3.05, 3.63) is 35.9 Å². The number of amides is 2. The number of ketones is 1. The van der Waals surface area contributed by atoms with E-state index in [1.807, 2.05) is 0 Å². The minimum Gasteiger partial charge on any atom is -0.745 e. The molecule has 0 radical (unpaired) electrons. The Balaban J connectivity index is 0.00000760. The summed E-state index contributed by atoms with van der Waals surface area (Å²) in [5.74, 6) is -4.32. The third-order valence-electron chi connectivity index (χ3n) is 5.59. The van der Waals surface area contributed by atoms with Crippen molar-refractivity contribution in [2.24, 2.45) is 17.8 Å². The van der Waals surface area contributed by atoms with Crippen LogP contribution >= 0.6 is 0 Å². The molecule has 0 aromatic heterocycles. The number of carbonyl (C=O) groups excluding carboxylic acids is 4. The Morgan fingerprint density at radius 3 is 2.41 bits per heavy atom. The van der Waals surface area contributed by atoms with Gasteiger partial charge in [-0.15, -0.1) is 0 Å². The maximum atomic E-state index is 13.3. The first-order valence-electron chi connectivity index (χ1n) is 12.6. The minimum atomic E-state index is -5.23. The van der Waals surface area contributed by atoms with Crippen LogP contribution in [0.5, 0.6) is 0 Å². The molecule has 0 aliphatic carbocycles. The second-order valence-corrected chi connectivity index (χ2v) is 10.5. The molecule has 200 valence electrons. The molecule has 1 fully saturated rings. The first kappa shape index (κ1) is 29.6. The minimum absolute atomic E-state index is 0. The van der Waals surface area contributed by atoms with Gasteiger partial charge < -0.3 is 24.7 Å². The van der Waals surface area contributed by atoms with Crippen molar-refractivity contribution in [2.45, 2.75) is 64.5 Å². The van der Waals surface area contributed by atoms with Crippen LogP contribution in [0.15, 0.2) is 30.3 Å². The van der Waals surface area contributed by atoms with Gasteiger partial charge in [0.1, 0.15) is 16.7 Å². The van der Waals surface area contributed by atoms with Gasteiger partial charge in [-0.05, 0) is 30.7 Å². The molecule has 2 rings (SSSR count). The van der Waals surface area contributed by atoms with Crippen LogP contribution in [0.2, 0.25) is 0 Å². The summed E-state index contributed by atoms with van der Waals surface area (Å²) in [5.41, 5.74) is -2.14. The second-order valence-electron chi connectivity index (χ2n) is 9.10. The third-order valence-corrected chi connectivity index (χ3v) is 6.64. The van der Waals surface area contributed by atoms with E-state index in [2.05, 4.69) is 10.6 Å². The Labute approximate surface area is 242 Å². The maximum Gasteiger partial charge on any atom is 1.00 e. The van der Waals surface area contributed by atoms with Gasteiger partial charge in [-0.3, -0.25) is 14.4 Å². The van der Waals surface area contributed by atoms with Crippen LogP contribution in [0.3, 0.4) is 0 Å². The van der Waals surface area contributed by atoms with E-state index in [4.69, 9.17) is 12.2 Å². The fourth-order valence-corrected chi connectivity index (χ4v) is 4.94. The smallest absolute Gasteiger partial charge is 0.745 e. The number of Topliss-reactive ketones (excluding diaryl/α,β-unsaturated/α-hetero) is 1. The summed E-state index contributed by atoms with van der Waals surface area (Å²) in [6.07, 6.45) is -1.62. The largest absolute Gasteiger partial charge is 1.00 e. The van der Waals surface area contributed by atoms with Crippen molar-refractivity contribution >= 4 is 33.9 Å². The number of ether oxygens (including phenoxy) is 2. The van der Waals surface area contributed by atoms with Crippen molar-refractivity contribution < 1.29 is 73.9 Å². The molecular weight excluding hydrogens is 515 g/mol. The number of nitrogens with one attached hydrogen (secondary N) is 2. The van der Waals surface area contributed by atoms with Gasteiger partial charge in [0.15, 0.2) is 11.2 Å². The molecule has 1 unspecified atom stereocenters. The van der Waals surface area contributed by atoms with Gasteiger partial charge in [0.25, 0.3) is 0 Å². The molecule has 0 saturated carbocycles. The molecule has 11 nitrogen and oxygen atoms in total. The molecular formula is C24H33N2NaO9S. The van der Waals surface area contributed by atoms with E-state index in [1.165, 1.54) is 12.1 Å². The number of alkyl carbamates (subject to hydrolysis) is 1. The van der Waals surface area contributed by atoms with Crippen molar-refractivity contribution in [1.82, 2.24) is 10.6 Å². The van der Waals surface area contributed by atoms with Crippen LogP contribution < -0.4 is 40.2 Å². The van der Waals surface area contributed by atoms with Crippen molar-refractivity contribution in [3.63, 3.8) is 0 Å². The Hall–Kier alpha value is -1.99. The number of rotatable bonds is 13. The van der Waals surface area contributed by atoms with E-state index in [9.17, 15) is 32.1 Å². The number of carbonyl (C=O) groups is 4. The monoisotopic (exact) mass is 550 g/mol. The predicted molar refractivity (Wildman–Crippen MR) is 127 cm³/mol. The van der Waals surface area contributed by atoms with Crippen molar-refractivity contribution in [3.8, 4) is 0 Å². The molecule has 0 bridgehead atoms. The molecule has 37 heavy (non-hydrogen) atoms. The SMILES string of the molecule is [2H]C([2H])(OC(=O)N[C@@H](CC(C)C)C(=O)C[C@@H](C[C@@H]1CCNC1=O)C(OC(C)=O)S(=O)(=O)[O-])c1ccccc1.[Na+]. The molecule has 4 atom stereocenters. The average Bonchev–Trinajstić information content (AvgIpc) is 3.20. The third kappa shape index (κ3) is 11.5. The molecule has 1 saturated heterocycles. The summed E-state index contributed by atoms with van der Waals surface area (Å²) in [7, 11) is -5.23. The number of benzene rings is 1. The number of hydrogen-bond donors (Lipinski definition) is 2. The van der Waals surface area contributed by atoms with E-state index in [0.717, 1.165) is 6.92 Å².